The number of nitrogens with one attached hydrogen (secondary N) is 2. The molecular weight excluding hydrogens is 162 g/mol. The molecule has 13 heavy (non-hydrogen) atoms. The molecule has 0 saturated heterocycles. The highest BCUT2D eigenvalue weighted by Gasteiger charge is 2.33. The SMILES string of the molecule is Cc1[nH]ncc1C(C)NC1CC1C. The Morgan fingerprint density at radius 1 is 1.69 bits per heavy atom. The van der Waals surface area contributed by atoms with Gasteiger partial charge in [0.2, 0.25) is 0 Å². The number of hydrogen-bond acceptors (Lipinski definition) is 2. The maximum absolute atomic E-state index is 4.02. The molecule has 0 aromatic carbocycles. The van der Waals surface area contributed by atoms with Gasteiger partial charge in [0.1, 0.15) is 0 Å². The van der Waals surface area contributed by atoms with Crippen molar-refractivity contribution in [3.8, 4) is 0 Å². The maximum atomic E-state index is 4.02. The summed E-state index contributed by atoms with van der Waals surface area (Å²) in [6.07, 6.45) is 3.24. The molecule has 1 aliphatic rings. The minimum absolute atomic E-state index is 0.425. The Balaban J connectivity index is 1.97. The van der Waals surface area contributed by atoms with Crippen molar-refractivity contribution in [2.24, 2.45) is 5.92 Å². The summed E-state index contributed by atoms with van der Waals surface area (Å²) in [4.78, 5) is 0. The van der Waals surface area contributed by atoms with Crippen LogP contribution in [0.5, 0.6) is 0 Å². The van der Waals surface area contributed by atoms with E-state index in [9.17, 15) is 0 Å². The zero-order valence-electron chi connectivity index (χ0n) is 8.46. The summed E-state index contributed by atoms with van der Waals surface area (Å²) in [6.45, 7) is 6.55. The lowest BCUT2D eigenvalue weighted by Crippen LogP contribution is -2.22. The molecule has 3 unspecified atom stereocenters. The van der Waals surface area contributed by atoms with Crippen molar-refractivity contribution >= 4 is 0 Å². The highest BCUT2D eigenvalue weighted by molar-refractivity contribution is 5.19. The number of nitrogens with zero attached hydrogens (tertiary/aromatic N) is 1. The minimum atomic E-state index is 0.425. The summed E-state index contributed by atoms with van der Waals surface area (Å²) in [6, 6.07) is 1.15. The lowest BCUT2D eigenvalue weighted by molar-refractivity contribution is 0.550. The Morgan fingerprint density at radius 3 is 2.85 bits per heavy atom. The van der Waals surface area contributed by atoms with Gasteiger partial charge in [-0.1, -0.05) is 6.92 Å². The number of hydrogen-bond donors (Lipinski definition) is 2. The molecule has 0 spiro atoms. The molecule has 1 saturated carbocycles. The predicted octanol–water partition coefficient (Wildman–Crippen LogP) is 1.78. The van der Waals surface area contributed by atoms with E-state index in [1.807, 2.05) is 6.20 Å². The van der Waals surface area contributed by atoms with Gasteiger partial charge in [0, 0.05) is 23.3 Å². The zero-order chi connectivity index (χ0) is 9.42. The molecule has 3 atom stereocenters. The molecule has 1 aliphatic carbocycles. The van der Waals surface area contributed by atoms with Crippen molar-refractivity contribution in [2.45, 2.75) is 39.3 Å². The summed E-state index contributed by atoms with van der Waals surface area (Å²) in [5.41, 5.74) is 2.47. The van der Waals surface area contributed by atoms with Crippen LogP contribution in [-0.4, -0.2) is 16.2 Å². The van der Waals surface area contributed by atoms with E-state index in [0.29, 0.717) is 6.04 Å². The number of aryl methyl sites for hydroxylation is 1. The van der Waals surface area contributed by atoms with Gasteiger partial charge in [0.05, 0.1) is 6.20 Å². The number of aromatic nitrogens is 2. The molecule has 0 bridgehead atoms. The van der Waals surface area contributed by atoms with Crippen LogP contribution in [0.25, 0.3) is 0 Å². The van der Waals surface area contributed by atoms with Crippen molar-refractivity contribution in [1.29, 1.82) is 0 Å². The first kappa shape index (κ1) is 8.75. The monoisotopic (exact) mass is 179 g/mol. The Labute approximate surface area is 78.9 Å². The fourth-order valence-corrected chi connectivity index (χ4v) is 1.76. The van der Waals surface area contributed by atoms with E-state index in [1.54, 1.807) is 0 Å². The minimum Gasteiger partial charge on any atom is -0.307 e. The van der Waals surface area contributed by atoms with Gasteiger partial charge in [-0.25, -0.2) is 0 Å². The van der Waals surface area contributed by atoms with Crippen LogP contribution in [-0.2, 0) is 0 Å². The normalized spacial score (nSPS) is 28.8. The molecule has 2 rings (SSSR count). The van der Waals surface area contributed by atoms with E-state index in [2.05, 4.69) is 36.3 Å². The maximum Gasteiger partial charge on any atom is 0.0537 e. The van der Waals surface area contributed by atoms with E-state index in [1.165, 1.54) is 17.7 Å². The zero-order valence-corrected chi connectivity index (χ0v) is 8.46. The Kier molecular flexibility index (Phi) is 2.12. The fourth-order valence-electron chi connectivity index (χ4n) is 1.76. The molecule has 0 aliphatic heterocycles. The lowest BCUT2D eigenvalue weighted by Gasteiger charge is -2.12. The van der Waals surface area contributed by atoms with Gasteiger partial charge < -0.3 is 5.32 Å². The number of H-pyrrole nitrogens is 1. The standard InChI is InChI=1S/C10H17N3/c1-6-4-10(6)12-7(2)9-5-11-13-8(9)3/h5-7,10,12H,4H2,1-3H3,(H,11,13). The third-order valence-corrected chi connectivity index (χ3v) is 2.91. The van der Waals surface area contributed by atoms with Crippen molar-refractivity contribution in [1.82, 2.24) is 15.5 Å². The van der Waals surface area contributed by atoms with Crippen LogP contribution in [0.15, 0.2) is 6.20 Å². The molecular formula is C10H17N3. The average molecular weight is 179 g/mol. The molecule has 72 valence electrons. The lowest BCUT2D eigenvalue weighted by atomic mass is 10.1. The molecule has 1 aromatic rings. The van der Waals surface area contributed by atoms with E-state index >= 15 is 0 Å². The van der Waals surface area contributed by atoms with Crippen LogP contribution >= 0.6 is 0 Å². The highest BCUT2D eigenvalue weighted by atomic mass is 15.1. The molecule has 0 radical (unpaired) electrons. The molecule has 0 amide bonds. The van der Waals surface area contributed by atoms with Gasteiger partial charge in [-0.05, 0) is 26.2 Å². The third-order valence-electron chi connectivity index (χ3n) is 2.91. The van der Waals surface area contributed by atoms with Gasteiger partial charge in [0.15, 0.2) is 0 Å². The van der Waals surface area contributed by atoms with Crippen LogP contribution in [0.1, 0.15) is 37.6 Å². The molecule has 2 N–H and O–H groups in total. The summed E-state index contributed by atoms with van der Waals surface area (Å²) in [5.74, 6) is 0.856. The molecule has 1 aromatic heterocycles. The van der Waals surface area contributed by atoms with Gasteiger partial charge in [-0.2, -0.15) is 5.10 Å². The number of rotatable bonds is 3. The Bertz CT molecular complexity index is 292. The second kappa shape index (κ2) is 3.14. The van der Waals surface area contributed by atoms with Crippen LogP contribution in [0.3, 0.4) is 0 Å². The van der Waals surface area contributed by atoms with Crippen LogP contribution < -0.4 is 5.32 Å². The molecule has 3 heteroatoms. The van der Waals surface area contributed by atoms with Gasteiger partial charge in [-0.15, -0.1) is 0 Å². The molecule has 1 fully saturated rings. The number of aromatic amines is 1. The predicted molar refractivity (Wildman–Crippen MR) is 52.4 cm³/mol. The molecule has 3 nitrogen and oxygen atoms in total. The first-order valence-corrected chi connectivity index (χ1v) is 4.94. The topological polar surface area (TPSA) is 40.7 Å². The smallest absolute Gasteiger partial charge is 0.0537 e. The Morgan fingerprint density at radius 2 is 2.38 bits per heavy atom. The third kappa shape index (κ3) is 1.75. The van der Waals surface area contributed by atoms with Crippen molar-refractivity contribution in [2.75, 3.05) is 0 Å². The summed E-state index contributed by atoms with van der Waals surface area (Å²) in [7, 11) is 0. The van der Waals surface area contributed by atoms with E-state index < -0.39 is 0 Å². The van der Waals surface area contributed by atoms with Crippen LogP contribution in [0, 0.1) is 12.8 Å². The fraction of sp³-hybridized carbons (Fsp3) is 0.700. The quantitative estimate of drug-likeness (QED) is 0.742. The van der Waals surface area contributed by atoms with Crippen LogP contribution in [0.2, 0.25) is 0 Å². The van der Waals surface area contributed by atoms with Crippen molar-refractivity contribution in [3.63, 3.8) is 0 Å². The van der Waals surface area contributed by atoms with Gasteiger partial charge in [0.25, 0.3) is 0 Å². The van der Waals surface area contributed by atoms with E-state index in [0.717, 1.165) is 12.0 Å². The summed E-state index contributed by atoms with van der Waals surface area (Å²) < 4.78 is 0. The first-order valence-electron chi connectivity index (χ1n) is 4.94. The molecule has 1 heterocycles. The first-order chi connectivity index (χ1) is 6.18. The van der Waals surface area contributed by atoms with Crippen LogP contribution in [0.4, 0.5) is 0 Å². The highest BCUT2D eigenvalue weighted by Crippen LogP contribution is 2.31. The van der Waals surface area contributed by atoms with E-state index in [4.69, 9.17) is 0 Å². The van der Waals surface area contributed by atoms with E-state index in [-0.39, 0.29) is 0 Å². The Hall–Kier alpha value is -0.830. The van der Waals surface area contributed by atoms with Crippen molar-refractivity contribution in [3.05, 3.63) is 17.5 Å². The van der Waals surface area contributed by atoms with Gasteiger partial charge in [-0.3, -0.25) is 5.10 Å². The summed E-state index contributed by atoms with van der Waals surface area (Å²) >= 11 is 0. The average Bonchev–Trinajstić information content (AvgIpc) is 2.62. The van der Waals surface area contributed by atoms with Gasteiger partial charge >= 0.3 is 0 Å². The second-order valence-corrected chi connectivity index (χ2v) is 4.16. The largest absolute Gasteiger partial charge is 0.307 e. The second-order valence-electron chi connectivity index (χ2n) is 4.16. The summed E-state index contributed by atoms with van der Waals surface area (Å²) in [5, 5.41) is 10.6. The van der Waals surface area contributed by atoms with Crippen molar-refractivity contribution < 1.29 is 0 Å².